The highest BCUT2D eigenvalue weighted by Gasteiger charge is 2.20. The van der Waals surface area contributed by atoms with Crippen molar-refractivity contribution in [2.45, 2.75) is 25.8 Å². The minimum atomic E-state index is -3.46. The fourth-order valence-electron chi connectivity index (χ4n) is 1.34. The quantitative estimate of drug-likeness (QED) is 0.310. The predicted octanol–water partition coefficient (Wildman–Crippen LogP) is -2.06. The molecule has 0 aromatic carbocycles. The summed E-state index contributed by atoms with van der Waals surface area (Å²) in [5.74, 6) is -2.32. The van der Waals surface area contributed by atoms with E-state index >= 15 is 0 Å². The second-order valence-corrected chi connectivity index (χ2v) is 6.04. The molecule has 0 aliphatic carbocycles. The van der Waals surface area contributed by atoms with Gasteiger partial charge in [0, 0.05) is 19.5 Å². The Labute approximate surface area is 122 Å². The lowest BCUT2D eigenvalue weighted by Gasteiger charge is -2.14. The Hall–Kier alpha value is -1.88. The molecule has 21 heavy (non-hydrogen) atoms. The predicted molar refractivity (Wildman–Crippen MR) is 73.9 cm³/mol. The van der Waals surface area contributed by atoms with E-state index in [1.807, 2.05) is 0 Å². The van der Waals surface area contributed by atoms with Gasteiger partial charge in [-0.05, 0) is 6.42 Å². The van der Waals surface area contributed by atoms with Crippen molar-refractivity contribution in [1.29, 1.82) is 0 Å². The molecule has 0 bridgehead atoms. The number of urea groups is 1. The van der Waals surface area contributed by atoms with Crippen LogP contribution in [0.1, 0.15) is 19.8 Å². The van der Waals surface area contributed by atoms with Crippen molar-refractivity contribution in [2.75, 3.05) is 18.8 Å². The summed E-state index contributed by atoms with van der Waals surface area (Å²) in [7, 11) is -3.46. The molecule has 0 heterocycles. The van der Waals surface area contributed by atoms with Gasteiger partial charge in [0.15, 0.2) is 0 Å². The van der Waals surface area contributed by atoms with Gasteiger partial charge in [-0.3, -0.25) is 4.79 Å². The van der Waals surface area contributed by atoms with Crippen LogP contribution >= 0.6 is 0 Å². The van der Waals surface area contributed by atoms with E-state index in [1.54, 1.807) is 6.92 Å². The summed E-state index contributed by atoms with van der Waals surface area (Å²) in [5, 5.41) is 13.2. The van der Waals surface area contributed by atoms with Crippen molar-refractivity contribution in [3.05, 3.63) is 0 Å². The summed E-state index contributed by atoms with van der Waals surface area (Å²) in [6.45, 7) is 1.68. The highest BCUT2D eigenvalue weighted by molar-refractivity contribution is 7.89. The Morgan fingerprint density at radius 2 is 1.90 bits per heavy atom. The van der Waals surface area contributed by atoms with E-state index in [1.165, 1.54) is 0 Å². The van der Waals surface area contributed by atoms with Crippen molar-refractivity contribution < 1.29 is 27.9 Å². The number of rotatable bonds is 10. The van der Waals surface area contributed by atoms with E-state index in [9.17, 15) is 22.8 Å². The third-order valence-electron chi connectivity index (χ3n) is 2.30. The highest BCUT2D eigenvalue weighted by atomic mass is 32.2. The van der Waals surface area contributed by atoms with E-state index < -0.39 is 34.0 Å². The standard InChI is InChI=1S/C10H20N4O6S/c1-2-13-21(19,20)6-5-12-10(18)14-7(9(16)17)3-4-8(11)15/h7,13H,2-6H2,1H3,(H2,11,15)(H,16,17)(H2,12,14,18). The lowest BCUT2D eigenvalue weighted by molar-refractivity contribution is -0.139. The van der Waals surface area contributed by atoms with Crippen molar-refractivity contribution >= 4 is 27.9 Å². The number of carbonyl (C=O) groups excluding carboxylic acids is 2. The number of primary amides is 1. The minimum Gasteiger partial charge on any atom is -0.480 e. The topological polar surface area (TPSA) is 168 Å². The molecule has 1 unspecified atom stereocenters. The van der Waals surface area contributed by atoms with Crippen molar-refractivity contribution in [3.8, 4) is 0 Å². The Balaban J connectivity index is 4.21. The van der Waals surface area contributed by atoms with Gasteiger partial charge in [0.05, 0.1) is 5.75 Å². The van der Waals surface area contributed by atoms with Crippen LogP contribution in [-0.4, -0.2) is 56.3 Å². The zero-order valence-electron chi connectivity index (χ0n) is 11.6. The molecule has 0 aliphatic heterocycles. The number of carboxylic acid groups (broad SMARTS) is 1. The van der Waals surface area contributed by atoms with E-state index in [-0.39, 0.29) is 31.7 Å². The third-order valence-corrected chi connectivity index (χ3v) is 3.77. The molecule has 0 aliphatic rings. The largest absolute Gasteiger partial charge is 0.480 e. The molecule has 11 heteroatoms. The number of carboxylic acids is 1. The molecule has 0 aromatic heterocycles. The first-order valence-electron chi connectivity index (χ1n) is 6.20. The van der Waals surface area contributed by atoms with Crippen LogP contribution < -0.4 is 21.1 Å². The molecule has 0 radical (unpaired) electrons. The van der Waals surface area contributed by atoms with Gasteiger partial charge in [-0.2, -0.15) is 0 Å². The van der Waals surface area contributed by atoms with Crippen LogP contribution in [0.2, 0.25) is 0 Å². The fourth-order valence-corrected chi connectivity index (χ4v) is 2.30. The molecule has 0 spiro atoms. The van der Waals surface area contributed by atoms with Crippen LogP contribution in [0.5, 0.6) is 0 Å². The SMILES string of the molecule is CCNS(=O)(=O)CCNC(=O)NC(CCC(N)=O)C(=O)O. The van der Waals surface area contributed by atoms with Gasteiger partial charge < -0.3 is 21.5 Å². The van der Waals surface area contributed by atoms with Crippen LogP contribution in [-0.2, 0) is 19.6 Å². The first kappa shape index (κ1) is 19.1. The maximum absolute atomic E-state index is 11.4. The monoisotopic (exact) mass is 324 g/mol. The number of nitrogens with one attached hydrogen (secondary N) is 3. The van der Waals surface area contributed by atoms with Crippen LogP contribution in [0.4, 0.5) is 4.79 Å². The molecule has 10 nitrogen and oxygen atoms in total. The van der Waals surface area contributed by atoms with Gasteiger partial charge in [-0.15, -0.1) is 0 Å². The van der Waals surface area contributed by atoms with Gasteiger partial charge in [-0.25, -0.2) is 22.7 Å². The molecule has 0 aromatic rings. The van der Waals surface area contributed by atoms with Crippen molar-refractivity contribution in [2.24, 2.45) is 5.73 Å². The second-order valence-electron chi connectivity index (χ2n) is 4.11. The molecule has 0 rings (SSSR count). The zero-order chi connectivity index (χ0) is 16.5. The normalized spacial score (nSPS) is 12.4. The number of hydrogen-bond acceptors (Lipinski definition) is 5. The fraction of sp³-hybridized carbons (Fsp3) is 0.700. The van der Waals surface area contributed by atoms with E-state index in [4.69, 9.17) is 10.8 Å². The average molecular weight is 324 g/mol. The van der Waals surface area contributed by atoms with E-state index in [0.717, 1.165) is 0 Å². The molecule has 3 amide bonds. The molecule has 0 saturated carbocycles. The number of aliphatic carboxylic acids is 1. The molecule has 0 fully saturated rings. The molecule has 1 atom stereocenters. The van der Waals surface area contributed by atoms with E-state index in [2.05, 4.69) is 15.4 Å². The van der Waals surface area contributed by atoms with Gasteiger partial charge >= 0.3 is 12.0 Å². The number of nitrogens with two attached hydrogens (primary N) is 1. The maximum Gasteiger partial charge on any atom is 0.326 e. The Morgan fingerprint density at radius 3 is 2.38 bits per heavy atom. The highest BCUT2D eigenvalue weighted by Crippen LogP contribution is 1.97. The number of sulfonamides is 1. The Bertz CT molecular complexity index is 478. The van der Waals surface area contributed by atoms with Gasteiger partial charge in [-0.1, -0.05) is 6.92 Å². The summed E-state index contributed by atoms with van der Waals surface area (Å²) < 4.78 is 24.8. The lowest BCUT2D eigenvalue weighted by Crippen LogP contribution is -2.47. The summed E-state index contributed by atoms with van der Waals surface area (Å²) in [6.07, 6.45) is -0.334. The minimum absolute atomic E-state index is 0.145. The number of amides is 3. The smallest absolute Gasteiger partial charge is 0.326 e. The number of carbonyl (C=O) groups is 3. The van der Waals surface area contributed by atoms with Crippen LogP contribution in [0.15, 0.2) is 0 Å². The molecular weight excluding hydrogens is 304 g/mol. The molecule has 122 valence electrons. The Morgan fingerprint density at radius 1 is 1.29 bits per heavy atom. The Kier molecular flexibility index (Phi) is 8.31. The second kappa shape index (κ2) is 9.13. The van der Waals surface area contributed by atoms with Crippen molar-refractivity contribution in [1.82, 2.24) is 15.4 Å². The molecular formula is C10H20N4O6S. The van der Waals surface area contributed by atoms with Gasteiger partial charge in [0.2, 0.25) is 15.9 Å². The summed E-state index contributed by atoms with van der Waals surface area (Å²) in [6, 6.07) is -2.11. The molecule has 0 saturated heterocycles. The first-order chi connectivity index (χ1) is 9.68. The summed E-state index contributed by atoms with van der Waals surface area (Å²) >= 11 is 0. The number of hydrogen-bond donors (Lipinski definition) is 5. The van der Waals surface area contributed by atoms with Gasteiger partial charge in [0.25, 0.3) is 0 Å². The van der Waals surface area contributed by atoms with Crippen molar-refractivity contribution in [3.63, 3.8) is 0 Å². The first-order valence-corrected chi connectivity index (χ1v) is 7.86. The summed E-state index contributed by atoms with van der Waals surface area (Å²) in [5.41, 5.74) is 4.89. The van der Waals surface area contributed by atoms with Gasteiger partial charge in [0.1, 0.15) is 6.04 Å². The van der Waals surface area contributed by atoms with Crippen LogP contribution in [0.25, 0.3) is 0 Å². The third kappa shape index (κ3) is 9.62. The zero-order valence-corrected chi connectivity index (χ0v) is 12.4. The van der Waals surface area contributed by atoms with Crippen LogP contribution in [0.3, 0.4) is 0 Å². The summed E-state index contributed by atoms with van der Waals surface area (Å²) in [4.78, 5) is 32.9. The lowest BCUT2D eigenvalue weighted by atomic mass is 10.1. The molecule has 6 N–H and O–H groups in total. The maximum atomic E-state index is 11.4. The average Bonchev–Trinajstić information content (AvgIpc) is 2.33. The van der Waals surface area contributed by atoms with E-state index in [0.29, 0.717) is 0 Å². The van der Waals surface area contributed by atoms with Crippen LogP contribution in [0, 0.1) is 0 Å².